The lowest BCUT2D eigenvalue weighted by Crippen LogP contribution is -2.29. The Morgan fingerprint density at radius 1 is 1.00 bits per heavy atom. The molecule has 4 nitrogen and oxygen atoms in total. The number of rotatable bonds is 5. The van der Waals surface area contributed by atoms with Gasteiger partial charge in [-0.25, -0.2) is 13.1 Å². The molecular weight excluding hydrogens is 440 g/mol. The monoisotopic (exact) mass is 463 g/mol. The van der Waals surface area contributed by atoms with Gasteiger partial charge in [-0.15, -0.1) is 0 Å². The zero-order chi connectivity index (χ0) is 22.8. The van der Waals surface area contributed by atoms with Crippen LogP contribution in [0.1, 0.15) is 34.8 Å². The zero-order valence-electron chi connectivity index (χ0n) is 17.9. The van der Waals surface area contributed by atoms with Crippen molar-refractivity contribution in [2.24, 2.45) is 0 Å². The van der Waals surface area contributed by atoms with Gasteiger partial charge in [-0.05, 0) is 78.7 Å². The molecule has 3 aromatic carbocycles. The lowest BCUT2D eigenvalue weighted by Gasteiger charge is -2.32. The van der Waals surface area contributed by atoms with Crippen LogP contribution in [-0.2, 0) is 0 Å². The smallest absolute Gasteiger partial charge is 0.272 e. The van der Waals surface area contributed by atoms with Gasteiger partial charge in [0.25, 0.3) is 5.91 Å². The fourth-order valence-corrected chi connectivity index (χ4v) is 5.33. The number of aromatic amines is 1. The van der Waals surface area contributed by atoms with Crippen LogP contribution in [0.25, 0.3) is 10.9 Å². The van der Waals surface area contributed by atoms with Crippen LogP contribution in [0.3, 0.4) is 0 Å². The maximum atomic E-state index is 13.4. The molecular formula is C26H23F2N3OS. The number of aromatic nitrogens is 1. The first-order valence-corrected chi connectivity index (χ1v) is 11.7. The van der Waals surface area contributed by atoms with Crippen molar-refractivity contribution in [3.63, 3.8) is 0 Å². The van der Waals surface area contributed by atoms with Gasteiger partial charge in [0, 0.05) is 40.6 Å². The number of fused-ring (bicyclic) bond motifs is 1. The highest BCUT2D eigenvalue weighted by molar-refractivity contribution is 7.97. The quantitative estimate of drug-likeness (QED) is 0.329. The minimum Gasteiger partial charge on any atom is -0.351 e. The molecule has 0 radical (unpaired) electrons. The Labute approximate surface area is 195 Å². The molecule has 0 bridgehead atoms. The first kappa shape index (κ1) is 21.7. The first-order valence-electron chi connectivity index (χ1n) is 10.9. The van der Waals surface area contributed by atoms with Crippen LogP contribution in [-0.4, -0.2) is 28.3 Å². The summed E-state index contributed by atoms with van der Waals surface area (Å²) in [5.74, 6) is -1.50. The molecule has 1 aliphatic rings. The number of hydrogen-bond acceptors (Lipinski definition) is 3. The molecule has 5 rings (SSSR count). The number of nitrogens with one attached hydrogen (secondary N) is 2. The molecule has 1 atom stereocenters. The Morgan fingerprint density at radius 2 is 1.79 bits per heavy atom. The lowest BCUT2D eigenvalue weighted by molar-refractivity contribution is 0.102. The molecule has 0 saturated carbocycles. The largest absolute Gasteiger partial charge is 0.351 e. The topological polar surface area (TPSA) is 48.1 Å². The number of H-pyrrole nitrogens is 1. The number of amides is 1. The Kier molecular flexibility index (Phi) is 6.15. The van der Waals surface area contributed by atoms with E-state index in [2.05, 4.69) is 51.0 Å². The second kappa shape index (κ2) is 9.37. The summed E-state index contributed by atoms with van der Waals surface area (Å²) in [5, 5.41) is 3.49. The van der Waals surface area contributed by atoms with Gasteiger partial charge < -0.3 is 10.3 Å². The van der Waals surface area contributed by atoms with Crippen LogP contribution >= 0.6 is 11.9 Å². The maximum absolute atomic E-state index is 13.4. The number of hydrogen-bond donors (Lipinski definition) is 2. The Balaban J connectivity index is 1.31. The maximum Gasteiger partial charge on any atom is 0.272 e. The summed E-state index contributed by atoms with van der Waals surface area (Å²) in [5.41, 5.74) is 2.52. The summed E-state index contributed by atoms with van der Waals surface area (Å²) in [6, 6.07) is 21.4. The molecule has 1 aliphatic heterocycles. The first-order chi connectivity index (χ1) is 16.0. The van der Waals surface area contributed by atoms with Gasteiger partial charge in [-0.3, -0.25) is 4.79 Å². The standard InChI is InChI=1S/C26H23F2N3OS/c27-20-13-21(28)15-22(14-20)29-26(32)25-12-19-11-17(8-9-24(19)30-25)18-5-4-10-31(16-18)33-23-6-2-1-3-7-23/h1-3,6-9,11-15,18,30H,4-5,10,16H2,(H,29,32). The normalized spacial score (nSPS) is 16.7. The van der Waals surface area contributed by atoms with Crippen LogP contribution in [0.15, 0.2) is 77.7 Å². The van der Waals surface area contributed by atoms with Crippen LogP contribution in [0.4, 0.5) is 14.5 Å². The van der Waals surface area contributed by atoms with E-state index in [-0.39, 0.29) is 5.69 Å². The van der Waals surface area contributed by atoms with Crippen molar-refractivity contribution in [3.05, 3.63) is 95.7 Å². The van der Waals surface area contributed by atoms with Crippen molar-refractivity contribution in [1.82, 2.24) is 9.29 Å². The van der Waals surface area contributed by atoms with Crippen molar-refractivity contribution in [2.75, 3.05) is 18.4 Å². The molecule has 1 fully saturated rings. The predicted octanol–water partition coefficient (Wildman–Crippen LogP) is 6.59. The number of piperidine rings is 1. The van der Waals surface area contributed by atoms with E-state index in [1.54, 1.807) is 18.0 Å². The van der Waals surface area contributed by atoms with E-state index >= 15 is 0 Å². The van der Waals surface area contributed by atoms with Crippen molar-refractivity contribution in [1.29, 1.82) is 0 Å². The van der Waals surface area contributed by atoms with E-state index in [0.29, 0.717) is 11.6 Å². The van der Waals surface area contributed by atoms with Crippen LogP contribution < -0.4 is 5.32 Å². The number of carbonyl (C=O) groups is 1. The van der Waals surface area contributed by atoms with Crippen molar-refractivity contribution < 1.29 is 13.6 Å². The molecule has 33 heavy (non-hydrogen) atoms. The summed E-state index contributed by atoms with van der Waals surface area (Å²) in [7, 11) is 0. The number of halogens is 2. The summed E-state index contributed by atoms with van der Waals surface area (Å²) in [4.78, 5) is 17.0. The molecule has 1 unspecified atom stereocenters. The van der Waals surface area contributed by atoms with Gasteiger partial charge in [0.05, 0.1) is 0 Å². The van der Waals surface area contributed by atoms with E-state index in [1.807, 2.05) is 12.1 Å². The van der Waals surface area contributed by atoms with E-state index in [9.17, 15) is 13.6 Å². The van der Waals surface area contributed by atoms with Gasteiger partial charge >= 0.3 is 0 Å². The SMILES string of the molecule is O=C(Nc1cc(F)cc(F)c1)c1cc2cc(C3CCCN(Sc4ccccc4)C3)ccc2[nH]1. The van der Waals surface area contributed by atoms with Gasteiger partial charge in [-0.2, -0.15) is 0 Å². The summed E-state index contributed by atoms with van der Waals surface area (Å²) in [6.07, 6.45) is 2.26. The summed E-state index contributed by atoms with van der Waals surface area (Å²) < 4.78 is 29.2. The average Bonchev–Trinajstić information content (AvgIpc) is 3.23. The molecule has 1 saturated heterocycles. The van der Waals surface area contributed by atoms with Gasteiger partial charge in [0.1, 0.15) is 17.3 Å². The lowest BCUT2D eigenvalue weighted by atomic mass is 9.91. The zero-order valence-corrected chi connectivity index (χ0v) is 18.7. The minimum atomic E-state index is -0.737. The fourth-order valence-electron chi connectivity index (χ4n) is 4.28. The van der Waals surface area contributed by atoms with Crippen molar-refractivity contribution in [3.8, 4) is 0 Å². The average molecular weight is 464 g/mol. The van der Waals surface area contributed by atoms with E-state index in [4.69, 9.17) is 0 Å². The number of carbonyl (C=O) groups excluding carboxylic acids is 1. The molecule has 0 spiro atoms. The molecule has 0 aliphatic carbocycles. The van der Waals surface area contributed by atoms with Gasteiger partial charge in [0.15, 0.2) is 0 Å². The highest BCUT2D eigenvalue weighted by atomic mass is 32.2. The molecule has 2 heterocycles. The highest BCUT2D eigenvalue weighted by Gasteiger charge is 2.23. The number of benzene rings is 3. The van der Waals surface area contributed by atoms with Crippen molar-refractivity contribution in [2.45, 2.75) is 23.7 Å². The molecule has 7 heteroatoms. The molecule has 168 valence electrons. The summed E-state index contributed by atoms with van der Waals surface area (Å²) >= 11 is 1.80. The summed E-state index contributed by atoms with van der Waals surface area (Å²) in [6.45, 7) is 2.03. The van der Waals surface area contributed by atoms with Gasteiger partial charge in [-0.1, -0.05) is 24.3 Å². The molecule has 2 N–H and O–H groups in total. The third-order valence-electron chi connectivity index (χ3n) is 5.84. The third-order valence-corrected chi connectivity index (χ3v) is 6.92. The Bertz CT molecular complexity index is 1270. The minimum absolute atomic E-state index is 0.0788. The Hall–Kier alpha value is -3.16. The second-order valence-corrected chi connectivity index (χ2v) is 9.44. The molecule has 4 aromatic rings. The fraction of sp³-hybridized carbons (Fsp3) is 0.192. The van der Waals surface area contributed by atoms with E-state index in [0.717, 1.165) is 55.0 Å². The number of nitrogens with zero attached hydrogens (tertiary/aromatic N) is 1. The van der Waals surface area contributed by atoms with Crippen LogP contribution in [0, 0.1) is 11.6 Å². The van der Waals surface area contributed by atoms with E-state index in [1.165, 1.54) is 10.5 Å². The van der Waals surface area contributed by atoms with E-state index < -0.39 is 17.5 Å². The van der Waals surface area contributed by atoms with Crippen LogP contribution in [0.5, 0.6) is 0 Å². The molecule has 1 aromatic heterocycles. The number of anilines is 1. The molecule has 1 amide bonds. The van der Waals surface area contributed by atoms with Crippen LogP contribution in [0.2, 0.25) is 0 Å². The highest BCUT2D eigenvalue weighted by Crippen LogP contribution is 2.34. The van der Waals surface area contributed by atoms with Gasteiger partial charge in [0.2, 0.25) is 0 Å². The second-order valence-electron chi connectivity index (χ2n) is 8.27. The Morgan fingerprint density at radius 3 is 2.58 bits per heavy atom. The predicted molar refractivity (Wildman–Crippen MR) is 128 cm³/mol. The third kappa shape index (κ3) is 5.10. The van der Waals surface area contributed by atoms with Crippen molar-refractivity contribution >= 4 is 34.4 Å².